The van der Waals surface area contributed by atoms with Crippen molar-refractivity contribution < 1.29 is 9.59 Å². The average Bonchev–Trinajstić information content (AvgIpc) is 2.72. The summed E-state index contributed by atoms with van der Waals surface area (Å²) < 4.78 is 0. The van der Waals surface area contributed by atoms with Gasteiger partial charge in [-0.1, -0.05) is 91.0 Å². The van der Waals surface area contributed by atoms with Gasteiger partial charge in [-0.05, 0) is 17.5 Å². The maximum atomic E-state index is 12.9. The first-order valence-electron chi connectivity index (χ1n) is 8.69. The van der Waals surface area contributed by atoms with Gasteiger partial charge in [0.05, 0.1) is 0 Å². The van der Waals surface area contributed by atoms with Crippen molar-refractivity contribution in [2.75, 3.05) is 0 Å². The molecule has 3 rings (SSSR count). The first-order valence-corrected chi connectivity index (χ1v) is 8.69. The highest BCUT2D eigenvalue weighted by Gasteiger charge is 2.27. The van der Waals surface area contributed by atoms with Crippen molar-refractivity contribution in [3.63, 3.8) is 0 Å². The Morgan fingerprint density at radius 1 is 0.692 bits per heavy atom. The van der Waals surface area contributed by atoms with Gasteiger partial charge in [-0.15, -0.1) is 0 Å². The molecular weight excluding hydrogens is 322 g/mol. The molecule has 1 unspecified atom stereocenters. The Hall–Kier alpha value is -3.20. The highest BCUT2D eigenvalue weighted by molar-refractivity contribution is 6.10. The van der Waals surface area contributed by atoms with Crippen molar-refractivity contribution in [3.05, 3.63) is 108 Å². The molecule has 0 aliphatic carbocycles. The van der Waals surface area contributed by atoms with E-state index in [1.54, 1.807) is 12.1 Å². The number of carbonyl (C=O) groups is 2. The minimum Gasteiger partial charge on any atom is -0.351 e. The van der Waals surface area contributed by atoms with Crippen LogP contribution < -0.4 is 5.32 Å². The maximum absolute atomic E-state index is 12.9. The molecule has 1 N–H and O–H groups in total. The second-order valence-corrected chi connectivity index (χ2v) is 6.18. The molecule has 3 aromatic rings. The number of rotatable bonds is 7. The van der Waals surface area contributed by atoms with Gasteiger partial charge in [0, 0.05) is 12.1 Å². The van der Waals surface area contributed by atoms with Crippen LogP contribution in [0.25, 0.3) is 0 Å². The highest BCUT2D eigenvalue weighted by Crippen LogP contribution is 2.16. The Labute approximate surface area is 153 Å². The Morgan fingerprint density at radius 2 is 1.19 bits per heavy atom. The number of amides is 1. The molecule has 0 bridgehead atoms. The van der Waals surface area contributed by atoms with E-state index in [0.29, 0.717) is 18.5 Å². The van der Waals surface area contributed by atoms with E-state index in [0.717, 1.165) is 11.1 Å². The number of hydrogen-bond acceptors (Lipinski definition) is 2. The number of carbonyl (C=O) groups excluding carboxylic acids is 2. The van der Waals surface area contributed by atoms with E-state index in [1.807, 2.05) is 78.9 Å². The molecule has 0 aliphatic heterocycles. The van der Waals surface area contributed by atoms with Crippen LogP contribution in [-0.2, 0) is 17.8 Å². The standard InChI is InChI=1S/C23H21NO2/c25-22(20-14-8-3-9-15-20)21(16-18-10-4-1-5-11-18)23(26)24-17-19-12-6-2-7-13-19/h1-15,21H,16-17H2,(H,24,26). The predicted octanol–water partition coefficient (Wildman–Crippen LogP) is 4.04. The van der Waals surface area contributed by atoms with Gasteiger partial charge in [-0.25, -0.2) is 0 Å². The molecule has 130 valence electrons. The molecule has 0 saturated carbocycles. The van der Waals surface area contributed by atoms with Gasteiger partial charge in [0.15, 0.2) is 5.78 Å². The number of hydrogen-bond donors (Lipinski definition) is 1. The van der Waals surface area contributed by atoms with Crippen molar-refractivity contribution in [3.8, 4) is 0 Å². The largest absolute Gasteiger partial charge is 0.351 e. The molecular formula is C23H21NO2. The minimum absolute atomic E-state index is 0.153. The smallest absolute Gasteiger partial charge is 0.231 e. The van der Waals surface area contributed by atoms with Crippen LogP contribution in [0.15, 0.2) is 91.0 Å². The zero-order chi connectivity index (χ0) is 18.2. The SMILES string of the molecule is O=C(NCc1ccccc1)C(Cc1ccccc1)C(=O)c1ccccc1. The molecule has 0 aliphatic rings. The number of benzene rings is 3. The van der Waals surface area contributed by atoms with Gasteiger partial charge >= 0.3 is 0 Å². The lowest BCUT2D eigenvalue weighted by Crippen LogP contribution is -2.36. The van der Waals surface area contributed by atoms with E-state index >= 15 is 0 Å². The van der Waals surface area contributed by atoms with Crippen LogP contribution >= 0.6 is 0 Å². The summed E-state index contributed by atoms with van der Waals surface area (Å²) in [7, 11) is 0. The molecule has 0 saturated heterocycles. The normalized spacial score (nSPS) is 11.5. The summed E-state index contributed by atoms with van der Waals surface area (Å²) in [6, 6.07) is 28.3. The van der Waals surface area contributed by atoms with E-state index in [-0.39, 0.29) is 11.7 Å². The number of ketones is 1. The summed E-state index contributed by atoms with van der Waals surface area (Å²) in [6.45, 7) is 0.410. The van der Waals surface area contributed by atoms with E-state index in [2.05, 4.69) is 5.32 Å². The molecule has 1 atom stereocenters. The summed E-state index contributed by atoms with van der Waals surface area (Å²) in [6.07, 6.45) is 0.384. The molecule has 0 radical (unpaired) electrons. The fourth-order valence-electron chi connectivity index (χ4n) is 2.87. The zero-order valence-corrected chi connectivity index (χ0v) is 14.5. The molecule has 0 aromatic heterocycles. The van der Waals surface area contributed by atoms with Crippen molar-refractivity contribution in [1.82, 2.24) is 5.32 Å². The third kappa shape index (κ3) is 4.67. The van der Waals surface area contributed by atoms with Gasteiger partial charge in [0.1, 0.15) is 5.92 Å². The monoisotopic (exact) mass is 343 g/mol. The van der Waals surface area contributed by atoms with Crippen LogP contribution in [0.3, 0.4) is 0 Å². The number of nitrogens with one attached hydrogen (secondary N) is 1. The van der Waals surface area contributed by atoms with Crippen LogP contribution in [0.1, 0.15) is 21.5 Å². The molecule has 0 spiro atoms. The van der Waals surface area contributed by atoms with Crippen LogP contribution in [0.5, 0.6) is 0 Å². The second kappa shape index (κ2) is 8.77. The third-order valence-electron chi connectivity index (χ3n) is 4.28. The van der Waals surface area contributed by atoms with Crippen LogP contribution in [0, 0.1) is 5.92 Å². The fourth-order valence-corrected chi connectivity index (χ4v) is 2.87. The Balaban J connectivity index is 1.77. The van der Waals surface area contributed by atoms with Crippen molar-refractivity contribution in [1.29, 1.82) is 0 Å². The van der Waals surface area contributed by atoms with Gasteiger partial charge < -0.3 is 5.32 Å². The Kier molecular flexibility index (Phi) is 5.94. The quantitative estimate of drug-likeness (QED) is 0.520. The summed E-state index contributed by atoms with van der Waals surface area (Å²) in [5, 5.41) is 2.91. The first kappa shape index (κ1) is 17.6. The Morgan fingerprint density at radius 3 is 1.77 bits per heavy atom. The lowest BCUT2D eigenvalue weighted by atomic mass is 9.90. The van der Waals surface area contributed by atoms with Crippen molar-refractivity contribution in [2.24, 2.45) is 5.92 Å². The highest BCUT2D eigenvalue weighted by atomic mass is 16.2. The van der Waals surface area contributed by atoms with Crippen LogP contribution in [-0.4, -0.2) is 11.7 Å². The lowest BCUT2D eigenvalue weighted by Gasteiger charge is -2.16. The van der Waals surface area contributed by atoms with E-state index < -0.39 is 5.92 Å². The summed E-state index contributed by atoms with van der Waals surface area (Å²) >= 11 is 0. The maximum Gasteiger partial charge on any atom is 0.231 e. The molecule has 0 fully saturated rings. The topological polar surface area (TPSA) is 46.2 Å². The first-order chi connectivity index (χ1) is 12.7. The molecule has 3 heteroatoms. The van der Waals surface area contributed by atoms with Crippen molar-refractivity contribution >= 4 is 11.7 Å². The molecule has 0 heterocycles. The van der Waals surface area contributed by atoms with Gasteiger partial charge in [-0.3, -0.25) is 9.59 Å². The van der Waals surface area contributed by atoms with Crippen LogP contribution in [0.4, 0.5) is 0 Å². The van der Waals surface area contributed by atoms with Gasteiger partial charge in [0.25, 0.3) is 0 Å². The minimum atomic E-state index is -0.747. The fraction of sp³-hybridized carbons (Fsp3) is 0.130. The Bertz CT molecular complexity index is 845. The van der Waals surface area contributed by atoms with E-state index in [9.17, 15) is 9.59 Å². The average molecular weight is 343 g/mol. The summed E-state index contributed by atoms with van der Waals surface area (Å²) in [4.78, 5) is 25.7. The van der Waals surface area contributed by atoms with Gasteiger partial charge in [-0.2, -0.15) is 0 Å². The van der Waals surface area contributed by atoms with Crippen LogP contribution in [0.2, 0.25) is 0 Å². The zero-order valence-electron chi connectivity index (χ0n) is 14.5. The number of Topliss-reactive ketones (excluding diaryl/α,β-unsaturated/α-hetero) is 1. The van der Waals surface area contributed by atoms with Crippen molar-refractivity contribution in [2.45, 2.75) is 13.0 Å². The van der Waals surface area contributed by atoms with Gasteiger partial charge in [0.2, 0.25) is 5.91 Å². The molecule has 3 nitrogen and oxygen atoms in total. The lowest BCUT2D eigenvalue weighted by molar-refractivity contribution is -0.123. The molecule has 26 heavy (non-hydrogen) atoms. The predicted molar refractivity (Wildman–Crippen MR) is 103 cm³/mol. The molecule has 1 amide bonds. The van der Waals surface area contributed by atoms with E-state index in [1.165, 1.54) is 0 Å². The summed E-state index contributed by atoms with van der Waals surface area (Å²) in [5.41, 5.74) is 2.53. The third-order valence-corrected chi connectivity index (χ3v) is 4.28. The second-order valence-electron chi connectivity index (χ2n) is 6.18. The summed E-state index contributed by atoms with van der Waals surface area (Å²) in [5.74, 6) is -1.14. The molecule has 3 aromatic carbocycles. The van der Waals surface area contributed by atoms with E-state index in [4.69, 9.17) is 0 Å².